The van der Waals surface area contributed by atoms with Gasteiger partial charge in [0.25, 0.3) is 0 Å². The number of hydrogen-bond donors (Lipinski definition) is 1. The highest BCUT2D eigenvalue weighted by Crippen LogP contribution is 2.22. The first-order chi connectivity index (χ1) is 6.00. The lowest BCUT2D eigenvalue weighted by molar-refractivity contribution is -0.143. The lowest BCUT2D eigenvalue weighted by Gasteiger charge is -2.37. The summed E-state index contributed by atoms with van der Waals surface area (Å²) < 4.78 is 0. The molecule has 1 N–H and O–H groups in total. The maximum absolute atomic E-state index is 10.8. The van der Waals surface area contributed by atoms with Crippen molar-refractivity contribution >= 4 is 5.97 Å². The number of carbonyl (C=O) groups is 1. The summed E-state index contributed by atoms with van der Waals surface area (Å²) in [7, 11) is 0. The predicted octanol–water partition coefficient (Wildman–Crippen LogP) is 1.44. The molecule has 13 heavy (non-hydrogen) atoms. The fraction of sp³-hybridized carbons (Fsp3) is 0.900. The molecule has 0 bridgehead atoms. The van der Waals surface area contributed by atoms with Crippen molar-refractivity contribution in [1.29, 1.82) is 0 Å². The zero-order valence-corrected chi connectivity index (χ0v) is 8.66. The van der Waals surface area contributed by atoms with Gasteiger partial charge in [0.15, 0.2) is 0 Å². The number of hydrogen-bond acceptors (Lipinski definition) is 2. The molecule has 0 unspecified atom stereocenters. The van der Waals surface area contributed by atoms with Gasteiger partial charge in [-0.1, -0.05) is 13.8 Å². The van der Waals surface area contributed by atoms with E-state index in [0.29, 0.717) is 11.8 Å². The zero-order valence-electron chi connectivity index (χ0n) is 8.66. The van der Waals surface area contributed by atoms with Crippen LogP contribution in [-0.4, -0.2) is 35.1 Å². The molecule has 1 fully saturated rings. The van der Waals surface area contributed by atoms with Crippen LogP contribution in [0.2, 0.25) is 0 Å². The van der Waals surface area contributed by atoms with E-state index < -0.39 is 5.97 Å². The first kappa shape index (κ1) is 10.5. The van der Waals surface area contributed by atoms with Crippen molar-refractivity contribution in [3.63, 3.8) is 0 Å². The van der Waals surface area contributed by atoms with Crippen LogP contribution in [0.1, 0.15) is 27.2 Å². The molecular weight excluding hydrogens is 166 g/mol. The largest absolute Gasteiger partial charge is 0.480 e. The minimum atomic E-state index is -0.707. The minimum Gasteiger partial charge on any atom is -0.480 e. The van der Waals surface area contributed by atoms with Crippen molar-refractivity contribution in [1.82, 2.24) is 4.90 Å². The van der Waals surface area contributed by atoms with Crippen LogP contribution in [0.4, 0.5) is 0 Å². The van der Waals surface area contributed by atoms with Gasteiger partial charge in [-0.2, -0.15) is 0 Å². The Morgan fingerprint density at radius 1 is 1.38 bits per heavy atom. The van der Waals surface area contributed by atoms with Crippen molar-refractivity contribution in [2.45, 2.75) is 33.2 Å². The summed E-state index contributed by atoms with van der Waals surface area (Å²) in [6.07, 6.45) is 1.23. The summed E-state index contributed by atoms with van der Waals surface area (Å²) in [5.74, 6) is 0.553. The number of aliphatic carboxylic acids is 1. The molecule has 3 heteroatoms. The lowest BCUT2D eigenvalue weighted by Crippen LogP contribution is -2.47. The number of rotatable bonds is 2. The highest BCUT2D eigenvalue weighted by Gasteiger charge is 2.28. The second-order valence-electron chi connectivity index (χ2n) is 4.41. The Bertz CT molecular complexity index is 183. The average Bonchev–Trinajstić information content (AvgIpc) is 2.01. The number of piperidine rings is 1. The van der Waals surface area contributed by atoms with Gasteiger partial charge < -0.3 is 5.11 Å². The molecule has 0 aromatic heterocycles. The van der Waals surface area contributed by atoms with Crippen LogP contribution in [0, 0.1) is 11.8 Å². The summed E-state index contributed by atoms with van der Waals surface area (Å²) in [6.45, 7) is 8.01. The van der Waals surface area contributed by atoms with Gasteiger partial charge >= 0.3 is 5.97 Å². The monoisotopic (exact) mass is 185 g/mol. The maximum Gasteiger partial charge on any atom is 0.320 e. The van der Waals surface area contributed by atoms with E-state index in [-0.39, 0.29) is 6.04 Å². The average molecular weight is 185 g/mol. The van der Waals surface area contributed by atoms with Gasteiger partial charge in [0, 0.05) is 13.1 Å². The second kappa shape index (κ2) is 4.09. The first-order valence-corrected chi connectivity index (χ1v) is 4.97. The van der Waals surface area contributed by atoms with Crippen molar-refractivity contribution in [3.8, 4) is 0 Å². The van der Waals surface area contributed by atoms with Crippen LogP contribution in [0.3, 0.4) is 0 Å². The Balaban J connectivity index is 2.54. The molecule has 0 aromatic carbocycles. The molecule has 1 aliphatic heterocycles. The van der Waals surface area contributed by atoms with Gasteiger partial charge in [-0.05, 0) is 25.2 Å². The third kappa shape index (κ3) is 2.69. The predicted molar refractivity (Wildman–Crippen MR) is 51.6 cm³/mol. The number of carboxylic acid groups (broad SMARTS) is 1. The Morgan fingerprint density at radius 2 is 1.85 bits per heavy atom. The molecule has 1 heterocycles. The van der Waals surface area contributed by atoms with E-state index in [1.807, 2.05) is 0 Å². The normalized spacial score (nSPS) is 32.8. The molecule has 0 aliphatic carbocycles. The highest BCUT2D eigenvalue weighted by molar-refractivity contribution is 5.72. The summed E-state index contributed by atoms with van der Waals surface area (Å²) in [6, 6.07) is -0.329. The number of nitrogens with zero attached hydrogens (tertiary/aromatic N) is 1. The molecule has 1 aliphatic rings. The van der Waals surface area contributed by atoms with Crippen LogP contribution >= 0.6 is 0 Å². The smallest absolute Gasteiger partial charge is 0.320 e. The molecule has 0 aromatic rings. The molecule has 76 valence electrons. The second-order valence-corrected chi connectivity index (χ2v) is 4.41. The van der Waals surface area contributed by atoms with Crippen LogP contribution in [-0.2, 0) is 4.79 Å². The van der Waals surface area contributed by atoms with Crippen molar-refractivity contribution in [3.05, 3.63) is 0 Å². The van der Waals surface area contributed by atoms with Gasteiger partial charge in [-0.15, -0.1) is 0 Å². The van der Waals surface area contributed by atoms with E-state index >= 15 is 0 Å². The van der Waals surface area contributed by atoms with Crippen LogP contribution in [0.15, 0.2) is 0 Å². The zero-order chi connectivity index (χ0) is 10.0. The molecular formula is C10H19NO2. The summed E-state index contributed by atoms with van der Waals surface area (Å²) >= 11 is 0. The quantitative estimate of drug-likeness (QED) is 0.707. The molecule has 0 saturated carbocycles. The maximum atomic E-state index is 10.8. The molecule has 1 saturated heterocycles. The van der Waals surface area contributed by atoms with Crippen LogP contribution in [0.25, 0.3) is 0 Å². The van der Waals surface area contributed by atoms with Crippen molar-refractivity contribution in [2.75, 3.05) is 13.1 Å². The molecule has 0 radical (unpaired) electrons. The van der Waals surface area contributed by atoms with Gasteiger partial charge in [0.2, 0.25) is 0 Å². The van der Waals surface area contributed by atoms with Gasteiger partial charge in [-0.25, -0.2) is 0 Å². The highest BCUT2D eigenvalue weighted by atomic mass is 16.4. The molecule has 0 spiro atoms. The fourth-order valence-corrected chi connectivity index (χ4v) is 2.18. The Hall–Kier alpha value is -0.570. The van der Waals surface area contributed by atoms with Gasteiger partial charge in [0.05, 0.1) is 0 Å². The minimum absolute atomic E-state index is 0.329. The van der Waals surface area contributed by atoms with E-state index in [4.69, 9.17) is 5.11 Å². The van der Waals surface area contributed by atoms with E-state index in [1.165, 1.54) is 6.42 Å². The SMILES string of the molecule is C[C@@H]1C[C@@H](C)CN([C@@H](C)C(=O)O)C1. The van der Waals surface area contributed by atoms with Crippen molar-refractivity contribution < 1.29 is 9.90 Å². The molecule has 3 atom stereocenters. The third-order valence-electron chi connectivity index (χ3n) is 2.80. The van der Waals surface area contributed by atoms with E-state index in [1.54, 1.807) is 6.92 Å². The van der Waals surface area contributed by atoms with Gasteiger partial charge in [0.1, 0.15) is 6.04 Å². The van der Waals surface area contributed by atoms with Crippen molar-refractivity contribution in [2.24, 2.45) is 11.8 Å². The fourth-order valence-electron chi connectivity index (χ4n) is 2.18. The molecule has 3 nitrogen and oxygen atoms in total. The van der Waals surface area contributed by atoms with E-state index in [0.717, 1.165) is 13.1 Å². The number of carboxylic acids is 1. The molecule has 0 amide bonds. The third-order valence-corrected chi connectivity index (χ3v) is 2.80. The van der Waals surface area contributed by atoms with E-state index in [2.05, 4.69) is 18.7 Å². The lowest BCUT2D eigenvalue weighted by atomic mass is 9.91. The summed E-state index contributed by atoms with van der Waals surface area (Å²) in [5.41, 5.74) is 0. The first-order valence-electron chi connectivity index (χ1n) is 4.97. The standard InChI is InChI=1S/C10H19NO2/c1-7-4-8(2)6-11(5-7)9(3)10(12)13/h7-9H,4-6H2,1-3H3,(H,12,13)/t7-,8-,9+/m1/s1. The Kier molecular flexibility index (Phi) is 3.31. The van der Waals surface area contributed by atoms with Crippen LogP contribution < -0.4 is 0 Å². The topological polar surface area (TPSA) is 40.5 Å². The van der Waals surface area contributed by atoms with Crippen LogP contribution in [0.5, 0.6) is 0 Å². The Labute approximate surface area is 79.7 Å². The van der Waals surface area contributed by atoms with E-state index in [9.17, 15) is 4.79 Å². The Morgan fingerprint density at radius 3 is 2.23 bits per heavy atom. The molecule has 1 rings (SSSR count). The summed E-state index contributed by atoms with van der Waals surface area (Å²) in [5, 5.41) is 8.87. The summed E-state index contributed by atoms with van der Waals surface area (Å²) in [4.78, 5) is 12.8. The number of likely N-dealkylation sites (tertiary alicyclic amines) is 1. The van der Waals surface area contributed by atoms with Gasteiger partial charge in [-0.3, -0.25) is 9.69 Å².